The van der Waals surface area contributed by atoms with Crippen molar-refractivity contribution < 1.29 is 0 Å². The summed E-state index contributed by atoms with van der Waals surface area (Å²) in [7, 11) is 0. The molecule has 0 amide bonds. The summed E-state index contributed by atoms with van der Waals surface area (Å²) in [6.07, 6.45) is 14.2. The van der Waals surface area contributed by atoms with Crippen LogP contribution in [0.5, 0.6) is 0 Å². The summed E-state index contributed by atoms with van der Waals surface area (Å²) >= 11 is 0. The highest BCUT2D eigenvalue weighted by molar-refractivity contribution is 5.62. The maximum Gasteiger partial charge on any atom is 0.0241 e. The average molecular weight is 264 g/mol. The summed E-state index contributed by atoms with van der Waals surface area (Å²) < 4.78 is 0. The van der Waals surface area contributed by atoms with Crippen LogP contribution in [-0.2, 0) is 0 Å². The topological polar surface area (TPSA) is 0 Å². The normalized spacial score (nSPS) is 35.7. The second-order valence-electron chi connectivity index (χ2n) is 7.00. The minimum atomic E-state index is 0.0524. The van der Waals surface area contributed by atoms with Gasteiger partial charge in [-0.15, -0.1) is 0 Å². The Hall–Kier alpha value is -1.56. The molecule has 3 aliphatic carbocycles. The van der Waals surface area contributed by atoms with Gasteiger partial charge in [-0.1, -0.05) is 61.4 Å². The molecule has 0 spiro atoms. The van der Waals surface area contributed by atoms with Crippen molar-refractivity contribution in [2.45, 2.75) is 41.5 Å². The van der Waals surface area contributed by atoms with E-state index in [0.29, 0.717) is 0 Å². The van der Waals surface area contributed by atoms with Gasteiger partial charge in [0.25, 0.3) is 0 Å². The van der Waals surface area contributed by atoms with E-state index in [0.717, 1.165) is 0 Å². The molecule has 0 bridgehead atoms. The van der Waals surface area contributed by atoms with Gasteiger partial charge in [-0.3, -0.25) is 0 Å². The van der Waals surface area contributed by atoms with Gasteiger partial charge < -0.3 is 0 Å². The van der Waals surface area contributed by atoms with E-state index in [1.165, 1.54) is 33.4 Å². The highest BCUT2D eigenvalue weighted by Gasteiger charge is 2.50. The summed E-state index contributed by atoms with van der Waals surface area (Å²) in [6, 6.07) is 0. The van der Waals surface area contributed by atoms with E-state index in [1.807, 2.05) is 0 Å². The molecular formula is C20H24. The van der Waals surface area contributed by atoms with Crippen LogP contribution in [0.3, 0.4) is 0 Å². The van der Waals surface area contributed by atoms with Gasteiger partial charge >= 0.3 is 0 Å². The number of hydrogen-bond donors (Lipinski definition) is 0. The molecule has 0 aliphatic heterocycles. The first-order valence-corrected chi connectivity index (χ1v) is 7.47. The van der Waals surface area contributed by atoms with E-state index in [4.69, 9.17) is 0 Å². The zero-order valence-electron chi connectivity index (χ0n) is 13.5. The monoisotopic (exact) mass is 264 g/mol. The summed E-state index contributed by atoms with van der Waals surface area (Å²) in [6.45, 7) is 13.7. The quantitative estimate of drug-likeness (QED) is 0.528. The Labute approximate surface area is 123 Å². The average Bonchev–Trinajstić information content (AvgIpc) is 2.29. The lowest BCUT2D eigenvalue weighted by Gasteiger charge is -2.52. The molecule has 0 heterocycles. The number of hydrogen-bond acceptors (Lipinski definition) is 0. The smallest absolute Gasteiger partial charge is 0.0241 e. The lowest BCUT2D eigenvalue weighted by Crippen LogP contribution is -2.42. The molecule has 20 heavy (non-hydrogen) atoms. The zero-order chi connectivity index (χ0) is 14.7. The molecule has 0 N–H and O–H groups in total. The molecular weight excluding hydrogens is 240 g/mol. The third kappa shape index (κ3) is 1.54. The van der Waals surface area contributed by atoms with Crippen LogP contribution >= 0.6 is 0 Å². The Kier molecular flexibility index (Phi) is 2.67. The van der Waals surface area contributed by atoms with Gasteiger partial charge in [0.1, 0.15) is 0 Å². The van der Waals surface area contributed by atoms with E-state index < -0.39 is 0 Å². The maximum atomic E-state index is 2.46. The van der Waals surface area contributed by atoms with Crippen molar-refractivity contribution in [3.8, 4) is 0 Å². The Morgan fingerprint density at radius 2 is 1.00 bits per heavy atom. The molecule has 0 aromatic carbocycles. The van der Waals surface area contributed by atoms with Crippen molar-refractivity contribution in [1.29, 1.82) is 0 Å². The van der Waals surface area contributed by atoms with Gasteiger partial charge in [-0.2, -0.15) is 0 Å². The van der Waals surface area contributed by atoms with Gasteiger partial charge in [0, 0.05) is 10.8 Å². The fraction of sp³-hybridized carbons (Fsp3) is 0.400. The van der Waals surface area contributed by atoms with Crippen molar-refractivity contribution in [3.05, 3.63) is 69.9 Å². The third-order valence-corrected chi connectivity index (χ3v) is 5.39. The molecule has 3 aliphatic rings. The molecule has 0 nitrogen and oxygen atoms in total. The third-order valence-electron chi connectivity index (χ3n) is 5.39. The summed E-state index contributed by atoms with van der Waals surface area (Å²) in [5, 5.41) is 0. The highest BCUT2D eigenvalue weighted by Crippen LogP contribution is 2.60. The lowest BCUT2D eigenvalue weighted by molar-refractivity contribution is 0.272. The van der Waals surface area contributed by atoms with E-state index in [-0.39, 0.29) is 10.8 Å². The maximum absolute atomic E-state index is 2.46. The van der Waals surface area contributed by atoms with Crippen LogP contribution in [0.1, 0.15) is 41.5 Å². The van der Waals surface area contributed by atoms with Crippen LogP contribution in [0.2, 0.25) is 0 Å². The minimum absolute atomic E-state index is 0.0524. The van der Waals surface area contributed by atoms with Crippen LogP contribution in [0.15, 0.2) is 69.9 Å². The molecule has 2 atom stereocenters. The fourth-order valence-corrected chi connectivity index (χ4v) is 4.44. The number of fused-ring (bicyclic) bond motifs is 3. The number of allylic oxidation sites excluding steroid dienone is 12. The van der Waals surface area contributed by atoms with E-state index in [1.54, 1.807) is 0 Å². The predicted octanol–water partition coefficient (Wildman–Crippen LogP) is 5.68. The molecule has 3 rings (SSSR count). The Bertz CT molecular complexity index is 613. The lowest BCUT2D eigenvalue weighted by atomic mass is 9.51. The first kappa shape index (κ1) is 13.4. The van der Waals surface area contributed by atoms with Crippen molar-refractivity contribution in [1.82, 2.24) is 0 Å². The first-order valence-electron chi connectivity index (χ1n) is 7.47. The zero-order valence-corrected chi connectivity index (χ0v) is 13.5. The van der Waals surface area contributed by atoms with E-state index in [2.05, 4.69) is 78.0 Å². The summed E-state index contributed by atoms with van der Waals surface area (Å²) in [5.41, 5.74) is 8.60. The van der Waals surface area contributed by atoms with Crippen molar-refractivity contribution >= 4 is 0 Å². The standard InChI is InChI=1S/C20H24/c1-13-9-15(3)17-7-8-18-16(4)10-14(2)12-20(18,6)19(17,5)11-13/h7-12H,1-6H3. The molecule has 0 aromatic heterocycles. The summed E-state index contributed by atoms with van der Waals surface area (Å²) in [5.74, 6) is 0. The molecule has 2 unspecified atom stereocenters. The van der Waals surface area contributed by atoms with Crippen LogP contribution < -0.4 is 0 Å². The highest BCUT2D eigenvalue weighted by atomic mass is 14.5. The van der Waals surface area contributed by atoms with Gasteiger partial charge in [-0.25, -0.2) is 0 Å². The molecule has 104 valence electrons. The molecule has 0 aromatic rings. The van der Waals surface area contributed by atoms with E-state index >= 15 is 0 Å². The first-order chi connectivity index (χ1) is 9.28. The molecule has 0 radical (unpaired) electrons. The second-order valence-corrected chi connectivity index (χ2v) is 7.00. The molecule has 0 saturated heterocycles. The van der Waals surface area contributed by atoms with Crippen molar-refractivity contribution in [2.75, 3.05) is 0 Å². The summed E-state index contributed by atoms with van der Waals surface area (Å²) in [4.78, 5) is 0. The molecule has 0 fully saturated rings. The Morgan fingerprint density at radius 3 is 1.35 bits per heavy atom. The van der Waals surface area contributed by atoms with Crippen LogP contribution in [0.4, 0.5) is 0 Å². The van der Waals surface area contributed by atoms with Crippen LogP contribution in [0.25, 0.3) is 0 Å². The number of rotatable bonds is 0. The van der Waals surface area contributed by atoms with Crippen molar-refractivity contribution in [2.24, 2.45) is 10.8 Å². The molecule has 0 saturated carbocycles. The second kappa shape index (κ2) is 3.97. The Morgan fingerprint density at radius 1 is 0.650 bits per heavy atom. The van der Waals surface area contributed by atoms with Crippen LogP contribution in [0, 0.1) is 10.8 Å². The van der Waals surface area contributed by atoms with Gasteiger partial charge in [-0.05, 0) is 50.0 Å². The SMILES string of the molecule is CC1=CC2(C)C(=CC=C3C(C)=CC(C)=CC32C)C(C)=C1. The molecule has 0 heteroatoms. The van der Waals surface area contributed by atoms with Gasteiger partial charge in [0.15, 0.2) is 0 Å². The van der Waals surface area contributed by atoms with Gasteiger partial charge in [0.2, 0.25) is 0 Å². The van der Waals surface area contributed by atoms with E-state index in [9.17, 15) is 0 Å². The Balaban J connectivity index is 2.31. The minimum Gasteiger partial charge on any atom is -0.0701 e. The largest absolute Gasteiger partial charge is 0.0701 e. The van der Waals surface area contributed by atoms with Crippen LogP contribution in [-0.4, -0.2) is 0 Å². The predicted molar refractivity (Wildman–Crippen MR) is 87.4 cm³/mol. The van der Waals surface area contributed by atoms with Gasteiger partial charge in [0.05, 0.1) is 0 Å². The fourth-order valence-electron chi connectivity index (χ4n) is 4.44. The van der Waals surface area contributed by atoms with Crippen molar-refractivity contribution in [3.63, 3.8) is 0 Å².